The number of rotatable bonds is 5. The van der Waals surface area contributed by atoms with E-state index in [1.807, 2.05) is 19.9 Å². The Morgan fingerprint density at radius 1 is 1.14 bits per heavy atom. The molecule has 1 aliphatic heterocycles. The molecule has 1 atom stereocenters. The van der Waals surface area contributed by atoms with Crippen LogP contribution in [0.1, 0.15) is 36.6 Å². The van der Waals surface area contributed by atoms with Crippen LogP contribution in [0.5, 0.6) is 11.5 Å². The SMILES string of the molecule is CC1(C)Cc2cc(C(N=N)c3ccc(OS(=O)(=O)C(F)(F)F)cc3)ccc2O1. The summed E-state index contributed by atoms with van der Waals surface area (Å²) in [7, 11) is -5.73. The maximum Gasteiger partial charge on any atom is 0.534 e. The van der Waals surface area contributed by atoms with Crippen molar-refractivity contribution >= 4 is 10.1 Å². The van der Waals surface area contributed by atoms with Crippen LogP contribution in [0.25, 0.3) is 0 Å². The average molecular weight is 414 g/mol. The number of ether oxygens (including phenoxy) is 1. The van der Waals surface area contributed by atoms with Gasteiger partial charge in [-0.05, 0) is 54.8 Å². The van der Waals surface area contributed by atoms with Crippen LogP contribution in [0.2, 0.25) is 0 Å². The Labute approximate surface area is 159 Å². The van der Waals surface area contributed by atoms with Gasteiger partial charge in [-0.3, -0.25) is 0 Å². The number of benzene rings is 2. The molecule has 0 bridgehead atoms. The Balaban J connectivity index is 1.84. The number of alkyl halides is 3. The third-order valence-electron chi connectivity index (χ3n) is 4.22. The third kappa shape index (κ3) is 3.96. The number of halogens is 3. The third-order valence-corrected chi connectivity index (χ3v) is 5.20. The molecule has 0 saturated heterocycles. The molecular weight excluding hydrogens is 397 g/mol. The lowest BCUT2D eigenvalue weighted by Crippen LogP contribution is -2.28. The second-order valence-corrected chi connectivity index (χ2v) is 8.53. The monoisotopic (exact) mass is 414 g/mol. The van der Waals surface area contributed by atoms with Gasteiger partial charge in [-0.2, -0.15) is 26.7 Å². The molecule has 28 heavy (non-hydrogen) atoms. The standard InChI is InChI=1S/C18H17F3N2O4S/c1-17(2)10-13-9-12(5-8-15(13)26-17)16(23-22)11-3-6-14(7-4-11)27-28(24,25)18(19,20)21/h3-9,16,22H,10H2,1-2H3. The first-order valence-corrected chi connectivity index (χ1v) is 9.62. The van der Waals surface area contributed by atoms with Gasteiger partial charge in [-0.1, -0.05) is 18.2 Å². The van der Waals surface area contributed by atoms with E-state index in [1.165, 1.54) is 12.1 Å². The number of nitrogens with zero attached hydrogens (tertiary/aromatic N) is 1. The van der Waals surface area contributed by atoms with Crippen molar-refractivity contribution in [3.05, 3.63) is 59.2 Å². The van der Waals surface area contributed by atoms with Gasteiger partial charge in [-0.15, -0.1) is 0 Å². The Kier molecular flexibility index (Phi) is 4.86. The largest absolute Gasteiger partial charge is 0.534 e. The highest BCUT2D eigenvalue weighted by Gasteiger charge is 2.48. The summed E-state index contributed by atoms with van der Waals surface area (Å²) in [6.07, 6.45) is 0.697. The van der Waals surface area contributed by atoms with Gasteiger partial charge in [0.25, 0.3) is 0 Å². The smallest absolute Gasteiger partial charge is 0.487 e. The highest BCUT2D eigenvalue weighted by atomic mass is 32.2. The lowest BCUT2D eigenvalue weighted by atomic mass is 9.95. The van der Waals surface area contributed by atoms with Crippen molar-refractivity contribution in [2.24, 2.45) is 5.11 Å². The maximum atomic E-state index is 12.4. The lowest BCUT2D eigenvalue weighted by Gasteiger charge is -2.16. The molecule has 0 spiro atoms. The van der Waals surface area contributed by atoms with Crippen LogP contribution in [0.3, 0.4) is 0 Å². The molecular formula is C18H17F3N2O4S. The summed E-state index contributed by atoms with van der Waals surface area (Å²) in [5.41, 5.74) is 3.87. The van der Waals surface area contributed by atoms with Crippen LogP contribution >= 0.6 is 0 Å². The van der Waals surface area contributed by atoms with Crippen molar-refractivity contribution in [3.63, 3.8) is 0 Å². The number of nitrogens with one attached hydrogen (secondary N) is 1. The van der Waals surface area contributed by atoms with E-state index in [0.29, 0.717) is 17.5 Å². The molecule has 0 aromatic heterocycles. The van der Waals surface area contributed by atoms with Gasteiger partial charge in [0.2, 0.25) is 0 Å². The summed E-state index contributed by atoms with van der Waals surface area (Å²) in [5, 5.41) is 3.60. The van der Waals surface area contributed by atoms with Crippen LogP contribution in [0.4, 0.5) is 13.2 Å². The Hall–Kier alpha value is -2.62. The predicted octanol–water partition coefficient (Wildman–Crippen LogP) is 4.75. The molecule has 0 aliphatic carbocycles. The number of hydrogen-bond donors (Lipinski definition) is 1. The molecule has 10 heteroatoms. The van der Waals surface area contributed by atoms with E-state index >= 15 is 0 Å². The maximum absolute atomic E-state index is 12.4. The van der Waals surface area contributed by atoms with Crippen molar-refractivity contribution in [1.82, 2.24) is 0 Å². The van der Waals surface area contributed by atoms with Crippen molar-refractivity contribution in [3.8, 4) is 11.5 Å². The molecule has 2 aromatic rings. The number of hydrogen-bond acceptors (Lipinski definition) is 6. The topological polar surface area (TPSA) is 88.8 Å². The van der Waals surface area contributed by atoms with E-state index in [4.69, 9.17) is 10.3 Å². The highest BCUT2D eigenvalue weighted by molar-refractivity contribution is 7.88. The minimum atomic E-state index is -5.73. The molecule has 0 radical (unpaired) electrons. The van der Waals surface area contributed by atoms with E-state index in [0.717, 1.165) is 23.4 Å². The predicted molar refractivity (Wildman–Crippen MR) is 93.9 cm³/mol. The van der Waals surface area contributed by atoms with E-state index in [2.05, 4.69) is 9.30 Å². The zero-order valence-electron chi connectivity index (χ0n) is 14.9. The molecule has 0 amide bonds. The van der Waals surface area contributed by atoms with Crippen molar-refractivity contribution in [2.45, 2.75) is 37.4 Å². The summed E-state index contributed by atoms with van der Waals surface area (Å²) >= 11 is 0. The fraction of sp³-hybridized carbons (Fsp3) is 0.333. The molecule has 1 unspecified atom stereocenters. The zero-order valence-corrected chi connectivity index (χ0v) is 15.8. The zero-order chi connectivity index (χ0) is 20.7. The molecule has 6 nitrogen and oxygen atoms in total. The molecule has 2 aromatic carbocycles. The quantitative estimate of drug-likeness (QED) is 0.434. The molecule has 0 saturated carbocycles. The fourth-order valence-electron chi connectivity index (χ4n) is 3.02. The summed E-state index contributed by atoms with van der Waals surface area (Å²) in [6, 6.07) is 9.68. The van der Waals surface area contributed by atoms with Crippen LogP contribution in [0, 0.1) is 5.53 Å². The Bertz CT molecular complexity index is 1000. The molecule has 1 N–H and O–H groups in total. The normalized spacial score (nSPS) is 16.8. The minimum absolute atomic E-state index is 0.322. The second-order valence-electron chi connectivity index (χ2n) is 6.99. The van der Waals surface area contributed by atoms with Crippen molar-refractivity contribution < 1.29 is 30.5 Å². The van der Waals surface area contributed by atoms with Crippen LogP contribution in [-0.4, -0.2) is 19.5 Å². The fourth-order valence-corrected chi connectivity index (χ4v) is 3.48. The highest BCUT2D eigenvalue weighted by Crippen LogP contribution is 2.38. The van der Waals surface area contributed by atoms with E-state index < -0.39 is 27.4 Å². The minimum Gasteiger partial charge on any atom is -0.487 e. The van der Waals surface area contributed by atoms with Gasteiger partial charge in [0, 0.05) is 6.42 Å². The van der Waals surface area contributed by atoms with E-state index in [1.54, 1.807) is 12.1 Å². The molecule has 1 aliphatic rings. The average Bonchev–Trinajstić information content (AvgIpc) is 2.89. The van der Waals surface area contributed by atoms with Gasteiger partial charge in [0.05, 0.1) is 0 Å². The molecule has 3 rings (SSSR count). The Morgan fingerprint density at radius 2 is 1.75 bits per heavy atom. The van der Waals surface area contributed by atoms with Crippen LogP contribution in [0.15, 0.2) is 47.6 Å². The summed E-state index contributed by atoms with van der Waals surface area (Å²) in [4.78, 5) is 0. The van der Waals surface area contributed by atoms with E-state index in [9.17, 15) is 21.6 Å². The summed E-state index contributed by atoms with van der Waals surface area (Å²) in [6.45, 7) is 3.93. The molecule has 1 heterocycles. The first kappa shape index (κ1) is 20.1. The lowest BCUT2D eigenvalue weighted by molar-refractivity contribution is -0.0500. The van der Waals surface area contributed by atoms with Crippen LogP contribution < -0.4 is 8.92 Å². The molecule has 0 fully saturated rings. The van der Waals surface area contributed by atoms with Gasteiger partial charge < -0.3 is 8.92 Å². The first-order valence-electron chi connectivity index (χ1n) is 8.21. The molecule has 150 valence electrons. The van der Waals surface area contributed by atoms with Crippen molar-refractivity contribution in [2.75, 3.05) is 0 Å². The summed E-state index contributed by atoms with van der Waals surface area (Å²) < 4.78 is 69.2. The van der Waals surface area contributed by atoms with E-state index in [-0.39, 0.29) is 5.60 Å². The van der Waals surface area contributed by atoms with Crippen LogP contribution in [-0.2, 0) is 16.5 Å². The van der Waals surface area contributed by atoms with Gasteiger partial charge in [0.1, 0.15) is 23.1 Å². The van der Waals surface area contributed by atoms with Gasteiger partial charge >= 0.3 is 15.6 Å². The van der Waals surface area contributed by atoms with Crippen molar-refractivity contribution in [1.29, 1.82) is 5.53 Å². The second kappa shape index (κ2) is 6.77. The summed E-state index contributed by atoms with van der Waals surface area (Å²) in [5.74, 6) is 0.285. The van der Waals surface area contributed by atoms with Gasteiger partial charge in [-0.25, -0.2) is 5.53 Å². The Morgan fingerprint density at radius 3 is 2.32 bits per heavy atom. The van der Waals surface area contributed by atoms with Gasteiger partial charge in [0.15, 0.2) is 0 Å². The first-order chi connectivity index (χ1) is 12.9. The number of fused-ring (bicyclic) bond motifs is 1.